The molecule has 1 N–H and O–H groups in total. The van der Waals surface area contributed by atoms with Crippen LogP contribution in [0.1, 0.15) is 27.4 Å². The van der Waals surface area contributed by atoms with Crippen LogP contribution in [0.3, 0.4) is 0 Å². The van der Waals surface area contributed by atoms with Gasteiger partial charge in [-0.15, -0.1) is 11.3 Å². The van der Waals surface area contributed by atoms with Gasteiger partial charge in [0.15, 0.2) is 0 Å². The third-order valence-corrected chi connectivity index (χ3v) is 4.92. The van der Waals surface area contributed by atoms with Crippen molar-refractivity contribution in [1.82, 2.24) is 10.3 Å². The van der Waals surface area contributed by atoms with E-state index in [4.69, 9.17) is 4.42 Å². The van der Waals surface area contributed by atoms with Gasteiger partial charge in [-0.25, -0.2) is 9.78 Å². The lowest BCUT2D eigenvalue weighted by Gasteiger charge is -2.05. The molecule has 0 aliphatic rings. The Kier molecular flexibility index (Phi) is 6.03. The maximum atomic E-state index is 12.2. The summed E-state index contributed by atoms with van der Waals surface area (Å²) in [6.45, 7) is 2.32. The van der Waals surface area contributed by atoms with Crippen LogP contribution in [0.25, 0.3) is 10.8 Å². The summed E-state index contributed by atoms with van der Waals surface area (Å²) >= 11 is 1.55. The molecular weight excluding hydrogens is 364 g/mol. The molecule has 0 saturated carbocycles. The largest absolute Gasteiger partial charge is 0.465 e. The molecule has 140 valence electrons. The second-order valence-electron chi connectivity index (χ2n) is 5.96. The summed E-state index contributed by atoms with van der Waals surface area (Å²) in [6, 6.07) is 11.0. The molecule has 0 spiro atoms. The van der Waals surface area contributed by atoms with E-state index in [0.29, 0.717) is 35.9 Å². The van der Waals surface area contributed by atoms with Gasteiger partial charge in [0.05, 0.1) is 29.7 Å². The number of hydrogen-bond donors (Lipinski definition) is 1. The maximum absolute atomic E-state index is 12.2. The van der Waals surface area contributed by atoms with E-state index >= 15 is 0 Å². The van der Waals surface area contributed by atoms with Gasteiger partial charge in [-0.3, -0.25) is 4.79 Å². The Morgan fingerprint density at radius 1 is 1.22 bits per heavy atom. The number of amides is 1. The van der Waals surface area contributed by atoms with Gasteiger partial charge < -0.3 is 14.5 Å². The summed E-state index contributed by atoms with van der Waals surface area (Å²) in [5.41, 5.74) is 2.19. The summed E-state index contributed by atoms with van der Waals surface area (Å²) in [6.07, 6.45) is 0.855. The van der Waals surface area contributed by atoms with Crippen molar-refractivity contribution in [3.05, 3.63) is 64.4 Å². The van der Waals surface area contributed by atoms with Crippen LogP contribution in [0.4, 0.5) is 0 Å². The van der Waals surface area contributed by atoms with Crippen molar-refractivity contribution in [3.63, 3.8) is 0 Å². The topological polar surface area (TPSA) is 81.4 Å². The van der Waals surface area contributed by atoms with Crippen LogP contribution in [0.5, 0.6) is 0 Å². The number of methoxy groups -OCH3 is 1. The molecule has 0 radical (unpaired) electrons. The highest BCUT2D eigenvalue weighted by Crippen LogP contribution is 2.26. The Bertz CT molecular complexity index is 914. The van der Waals surface area contributed by atoms with Crippen LogP contribution in [0.15, 0.2) is 46.2 Å². The van der Waals surface area contributed by atoms with E-state index in [1.54, 1.807) is 23.5 Å². The number of ether oxygens (including phenoxy) is 1. The van der Waals surface area contributed by atoms with Crippen molar-refractivity contribution in [3.8, 4) is 10.8 Å². The Morgan fingerprint density at radius 3 is 2.67 bits per heavy atom. The van der Waals surface area contributed by atoms with Crippen LogP contribution in [0.2, 0.25) is 0 Å². The van der Waals surface area contributed by atoms with Gasteiger partial charge in [0, 0.05) is 6.54 Å². The fraction of sp³-hybridized carbons (Fsp3) is 0.250. The minimum atomic E-state index is -0.361. The molecule has 0 aliphatic heterocycles. The first-order valence-corrected chi connectivity index (χ1v) is 9.39. The zero-order chi connectivity index (χ0) is 19.2. The third kappa shape index (κ3) is 4.83. The third-order valence-electron chi connectivity index (χ3n) is 4.06. The minimum Gasteiger partial charge on any atom is -0.465 e. The van der Waals surface area contributed by atoms with Gasteiger partial charge in [-0.2, -0.15) is 0 Å². The van der Waals surface area contributed by atoms with Gasteiger partial charge in [-0.1, -0.05) is 18.2 Å². The summed E-state index contributed by atoms with van der Waals surface area (Å²) in [5, 5.41) is 4.85. The number of hydrogen-bond acceptors (Lipinski definition) is 6. The van der Waals surface area contributed by atoms with Crippen molar-refractivity contribution in [2.24, 2.45) is 0 Å². The molecule has 1 aromatic carbocycles. The molecule has 0 bridgehead atoms. The molecule has 27 heavy (non-hydrogen) atoms. The van der Waals surface area contributed by atoms with E-state index in [9.17, 15) is 9.59 Å². The second kappa shape index (κ2) is 8.64. The lowest BCUT2D eigenvalue weighted by molar-refractivity contribution is -0.120. The second-order valence-corrected chi connectivity index (χ2v) is 6.91. The molecule has 2 heterocycles. The average Bonchev–Trinajstić information content (AvgIpc) is 3.32. The molecule has 0 aliphatic carbocycles. The predicted molar refractivity (Wildman–Crippen MR) is 103 cm³/mol. The normalized spacial score (nSPS) is 10.6. The van der Waals surface area contributed by atoms with Crippen molar-refractivity contribution < 1.29 is 18.7 Å². The summed E-state index contributed by atoms with van der Waals surface area (Å²) in [7, 11) is 1.35. The SMILES string of the molecule is COC(=O)c1ccc(CCNC(=O)Cc2nc(-c3cccs3)oc2C)cc1. The highest BCUT2D eigenvalue weighted by molar-refractivity contribution is 7.13. The molecule has 6 nitrogen and oxygen atoms in total. The van der Waals surface area contributed by atoms with Gasteiger partial charge in [0.2, 0.25) is 11.8 Å². The summed E-state index contributed by atoms with van der Waals surface area (Å²) in [4.78, 5) is 29.0. The number of esters is 1. The number of rotatable bonds is 7. The smallest absolute Gasteiger partial charge is 0.337 e. The maximum Gasteiger partial charge on any atom is 0.337 e. The summed E-state index contributed by atoms with van der Waals surface area (Å²) < 4.78 is 10.3. The average molecular weight is 384 g/mol. The number of aromatic nitrogens is 1. The van der Waals surface area contributed by atoms with E-state index in [1.807, 2.05) is 36.6 Å². The zero-order valence-corrected chi connectivity index (χ0v) is 16.0. The van der Waals surface area contributed by atoms with Gasteiger partial charge in [0.1, 0.15) is 5.76 Å². The van der Waals surface area contributed by atoms with Crippen molar-refractivity contribution >= 4 is 23.2 Å². The molecule has 7 heteroatoms. The number of oxazole rings is 1. The van der Waals surface area contributed by atoms with Gasteiger partial charge >= 0.3 is 5.97 Å². The molecule has 0 fully saturated rings. The number of aryl methyl sites for hydroxylation is 1. The highest BCUT2D eigenvalue weighted by atomic mass is 32.1. The molecule has 0 saturated heterocycles. The first-order chi connectivity index (χ1) is 13.1. The highest BCUT2D eigenvalue weighted by Gasteiger charge is 2.15. The number of carbonyl (C=O) groups excluding carboxylic acids is 2. The Hall–Kier alpha value is -2.93. The van der Waals surface area contributed by atoms with Crippen molar-refractivity contribution in [1.29, 1.82) is 0 Å². The van der Waals surface area contributed by atoms with Crippen molar-refractivity contribution in [2.45, 2.75) is 19.8 Å². The Labute approximate surface area is 161 Å². The number of thiophene rings is 1. The molecule has 3 rings (SSSR count). The van der Waals surface area contributed by atoms with E-state index in [1.165, 1.54) is 7.11 Å². The number of nitrogens with zero attached hydrogens (tertiary/aromatic N) is 1. The van der Waals surface area contributed by atoms with Crippen LogP contribution in [-0.4, -0.2) is 30.5 Å². The number of carbonyl (C=O) groups is 2. The standard InChI is InChI=1S/C20H20N2O4S/c1-13-16(22-19(26-13)17-4-3-11-27-17)12-18(23)21-10-9-14-5-7-15(8-6-14)20(24)25-2/h3-8,11H,9-10,12H2,1-2H3,(H,21,23). The van der Waals surface area contributed by atoms with E-state index in [-0.39, 0.29) is 18.3 Å². The lowest BCUT2D eigenvalue weighted by Crippen LogP contribution is -2.27. The number of nitrogens with one attached hydrogen (secondary N) is 1. The monoisotopic (exact) mass is 384 g/mol. The van der Waals surface area contributed by atoms with Gasteiger partial charge in [0.25, 0.3) is 0 Å². The quantitative estimate of drug-likeness (QED) is 0.632. The molecule has 3 aromatic rings. The van der Waals surface area contributed by atoms with Crippen LogP contribution in [0, 0.1) is 6.92 Å². The fourth-order valence-electron chi connectivity index (χ4n) is 2.58. The molecule has 2 aromatic heterocycles. The predicted octanol–water partition coefficient (Wildman–Crippen LogP) is 3.40. The summed E-state index contributed by atoms with van der Waals surface area (Å²) in [5.74, 6) is 0.748. The van der Waals surface area contributed by atoms with Crippen LogP contribution >= 0.6 is 11.3 Å². The minimum absolute atomic E-state index is 0.102. The van der Waals surface area contributed by atoms with Crippen LogP contribution in [-0.2, 0) is 22.4 Å². The number of benzene rings is 1. The Balaban J connectivity index is 1.49. The molecule has 1 amide bonds. The molecular formula is C20H20N2O4S. The molecule has 0 unspecified atom stereocenters. The lowest BCUT2D eigenvalue weighted by atomic mass is 10.1. The first kappa shape index (κ1) is 18.8. The Morgan fingerprint density at radius 2 is 2.00 bits per heavy atom. The van der Waals surface area contributed by atoms with Crippen LogP contribution < -0.4 is 5.32 Å². The van der Waals surface area contributed by atoms with Crippen molar-refractivity contribution in [2.75, 3.05) is 13.7 Å². The van der Waals surface area contributed by atoms with E-state index in [0.717, 1.165) is 10.4 Å². The van der Waals surface area contributed by atoms with E-state index < -0.39 is 0 Å². The fourth-order valence-corrected chi connectivity index (χ4v) is 3.23. The zero-order valence-electron chi connectivity index (χ0n) is 15.2. The van der Waals surface area contributed by atoms with E-state index in [2.05, 4.69) is 15.0 Å². The van der Waals surface area contributed by atoms with Gasteiger partial charge in [-0.05, 0) is 42.5 Å². The molecule has 0 atom stereocenters. The first-order valence-electron chi connectivity index (χ1n) is 8.51.